The molecule has 0 aliphatic rings. The molecule has 0 radical (unpaired) electrons. The van der Waals surface area contributed by atoms with Crippen molar-refractivity contribution in [2.45, 2.75) is 25.1 Å². The van der Waals surface area contributed by atoms with Gasteiger partial charge in [0.2, 0.25) is 10.0 Å². The van der Waals surface area contributed by atoms with Gasteiger partial charge in [-0.1, -0.05) is 11.6 Å². The molecule has 0 saturated heterocycles. The molecule has 0 amide bonds. The summed E-state index contributed by atoms with van der Waals surface area (Å²) in [6.07, 6.45) is 0. The van der Waals surface area contributed by atoms with Crippen LogP contribution in [0.2, 0.25) is 4.34 Å². The molecule has 88 valence electrons. The van der Waals surface area contributed by atoms with Gasteiger partial charge in [-0.05, 0) is 26.0 Å². The first-order valence-corrected chi connectivity index (χ1v) is 7.27. The zero-order valence-electron chi connectivity index (χ0n) is 8.77. The van der Waals surface area contributed by atoms with E-state index in [0.29, 0.717) is 4.34 Å². The maximum Gasteiger partial charge on any atom is 0.228 e. The van der Waals surface area contributed by atoms with Crippen molar-refractivity contribution in [2.75, 3.05) is 0 Å². The molecule has 1 aromatic rings. The van der Waals surface area contributed by atoms with Crippen LogP contribution in [0.3, 0.4) is 0 Å². The maximum absolute atomic E-state index is 11.6. The Morgan fingerprint density at radius 2 is 2.12 bits per heavy atom. The van der Waals surface area contributed by atoms with Gasteiger partial charge in [-0.25, -0.2) is 13.1 Å². The quantitative estimate of drug-likeness (QED) is 0.919. The lowest BCUT2D eigenvalue weighted by atomic mass is 10.3. The van der Waals surface area contributed by atoms with E-state index < -0.39 is 15.3 Å². The highest BCUT2D eigenvalue weighted by Gasteiger charge is 2.23. The molecular formula is C9H11ClN2O2S2. The second-order valence-corrected chi connectivity index (χ2v) is 7.08. The Bertz CT molecular complexity index is 504. The number of halogens is 1. The zero-order chi connectivity index (χ0) is 12.3. The van der Waals surface area contributed by atoms with E-state index in [9.17, 15) is 8.42 Å². The minimum Gasteiger partial charge on any atom is -0.211 e. The largest absolute Gasteiger partial charge is 0.228 e. The molecule has 0 aliphatic heterocycles. The van der Waals surface area contributed by atoms with Gasteiger partial charge < -0.3 is 0 Å². The molecule has 1 aromatic heterocycles. The highest BCUT2D eigenvalue weighted by Crippen LogP contribution is 2.27. The summed E-state index contributed by atoms with van der Waals surface area (Å²) in [6.45, 7) is 3.06. The molecular weight excluding hydrogens is 268 g/mol. The lowest BCUT2D eigenvalue weighted by Crippen LogP contribution is -2.33. The zero-order valence-corrected chi connectivity index (χ0v) is 11.2. The summed E-state index contributed by atoms with van der Waals surface area (Å²) in [6, 6.07) is 4.79. The molecule has 2 unspecified atom stereocenters. The Labute approximate surface area is 104 Å². The first kappa shape index (κ1) is 13.5. The summed E-state index contributed by atoms with van der Waals surface area (Å²) in [4.78, 5) is 0.818. The lowest BCUT2D eigenvalue weighted by molar-refractivity contribution is 0.564. The Hall–Kier alpha value is -0.610. The van der Waals surface area contributed by atoms with Gasteiger partial charge in [0, 0.05) is 4.88 Å². The first-order chi connectivity index (χ1) is 7.36. The molecule has 1 rings (SSSR count). The van der Waals surface area contributed by atoms with Crippen LogP contribution in [0.25, 0.3) is 0 Å². The monoisotopic (exact) mass is 278 g/mol. The molecule has 0 saturated carbocycles. The first-order valence-electron chi connectivity index (χ1n) is 4.53. The van der Waals surface area contributed by atoms with Crippen LogP contribution in [0.5, 0.6) is 0 Å². The molecule has 0 spiro atoms. The van der Waals surface area contributed by atoms with Crippen LogP contribution in [-0.2, 0) is 10.0 Å². The van der Waals surface area contributed by atoms with E-state index in [-0.39, 0.29) is 6.04 Å². The molecule has 0 fully saturated rings. The number of rotatable bonds is 4. The SMILES string of the molecule is CC(NS(=O)(=O)C(C)C#N)c1ccc(Cl)s1. The molecule has 2 atom stereocenters. The fraction of sp³-hybridized carbons (Fsp3) is 0.444. The Balaban J connectivity index is 2.80. The van der Waals surface area contributed by atoms with Crippen molar-refractivity contribution in [3.05, 3.63) is 21.3 Å². The van der Waals surface area contributed by atoms with E-state index in [4.69, 9.17) is 16.9 Å². The summed E-state index contributed by atoms with van der Waals surface area (Å²) in [7, 11) is -3.60. The lowest BCUT2D eigenvalue weighted by Gasteiger charge is -2.13. The fourth-order valence-corrected chi connectivity index (χ4v) is 3.14. The molecule has 0 aliphatic carbocycles. The van der Waals surface area contributed by atoms with Gasteiger partial charge in [0.15, 0.2) is 5.25 Å². The number of thiophene rings is 1. The average Bonchev–Trinajstić information content (AvgIpc) is 2.63. The number of nitrogens with one attached hydrogen (secondary N) is 1. The maximum atomic E-state index is 11.6. The molecule has 16 heavy (non-hydrogen) atoms. The molecule has 0 aromatic carbocycles. The number of nitriles is 1. The van der Waals surface area contributed by atoms with Crippen LogP contribution >= 0.6 is 22.9 Å². The third-order valence-electron chi connectivity index (χ3n) is 2.01. The normalized spacial score (nSPS) is 15.4. The fourth-order valence-electron chi connectivity index (χ4n) is 1.04. The summed E-state index contributed by atoms with van der Waals surface area (Å²) in [5, 5.41) is 7.51. The molecule has 1 heterocycles. The summed E-state index contributed by atoms with van der Waals surface area (Å²) in [5.74, 6) is 0. The predicted octanol–water partition coefficient (Wildman–Crippen LogP) is 2.29. The number of hydrogen-bond donors (Lipinski definition) is 1. The van der Waals surface area contributed by atoms with Crippen molar-refractivity contribution in [1.29, 1.82) is 5.26 Å². The highest BCUT2D eigenvalue weighted by molar-refractivity contribution is 7.90. The van der Waals surface area contributed by atoms with Crippen LogP contribution in [0.1, 0.15) is 24.8 Å². The Morgan fingerprint density at radius 1 is 1.50 bits per heavy atom. The third-order valence-corrected chi connectivity index (χ3v) is 5.14. The van der Waals surface area contributed by atoms with Gasteiger partial charge in [0.25, 0.3) is 0 Å². The molecule has 0 bridgehead atoms. The van der Waals surface area contributed by atoms with Gasteiger partial charge in [0.1, 0.15) is 0 Å². The second-order valence-electron chi connectivity index (χ2n) is 3.30. The average molecular weight is 279 g/mol. The molecule has 1 N–H and O–H groups in total. The highest BCUT2D eigenvalue weighted by atomic mass is 35.5. The van der Waals surface area contributed by atoms with Gasteiger partial charge in [-0.15, -0.1) is 11.3 Å². The Kier molecular flexibility index (Phi) is 4.33. The minimum absolute atomic E-state index is 0.377. The van der Waals surface area contributed by atoms with Crippen LogP contribution in [0.15, 0.2) is 12.1 Å². The van der Waals surface area contributed by atoms with Crippen molar-refractivity contribution < 1.29 is 8.42 Å². The van der Waals surface area contributed by atoms with Crippen LogP contribution < -0.4 is 4.72 Å². The van der Waals surface area contributed by atoms with E-state index in [0.717, 1.165) is 4.88 Å². The van der Waals surface area contributed by atoms with Gasteiger partial charge >= 0.3 is 0 Å². The molecule has 4 nitrogen and oxygen atoms in total. The minimum atomic E-state index is -3.60. The third kappa shape index (κ3) is 3.19. The summed E-state index contributed by atoms with van der Waals surface area (Å²) >= 11 is 7.07. The summed E-state index contributed by atoms with van der Waals surface area (Å²) < 4.78 is 26.2. The number of nitrogens with zero attached hydrogens (tertiary/aromatic N) is 1. The van der Waals surface area contributed by atoms with E-state index in [1.807, 2.05) is 0 Å². The van der Waals surface area contributed by atoms with E-state index >= 15 is 0 Å². The van der Waals surface area contributed by atoms with Crippen LogP contribution in [0, 0.1) is 11.3 Å². The van der Waals surface area contributed by atoms with Crippen LogP contribution in [-0.4, -0.2) is 13.7 Å². The second kappa shape index (κ2) is 5.15. The van der Waals surface area contributed by atoms with Crippen molar-refractivity contribution in [2.24, 2.45) is 0 Å². The number of sulfonamides is 1. The van der Waals surface area contributed by atoms with E-state index in [2.05, 4.69) is 4.72 Å². The van der Waals surface area contributed by atoms with Gasteiger partial charge in [-0.3, -0.25) is 0 Å². The van der Waals surface area contributed by atoms with E-state index in [1.54, 1.807) is 25.1 Å². The van der Waals surface area contributed by atoms with Crippen LogP contribution in [0.4, 0.5) is 0 Å². The molecule has 7 heteroatoms. The van der Waals surface area contributed by atoms with Crippen molar-refractivity contribution in [3.63, 3.8) is 0 Å². The topological polar surface area (TPSA) is 70.0 Å². The van der Waals surface area contributed by atoms with Crippen molar-refractivity contribution in [3.8, 4) is 6.07 Å². The summed E-state index contributed by atoms with van der Waals surface area (Å²) in [5.41, 5.74) is 0. The van der Waals surface area contributed by atoms with Crippen molar-refractivity contribution in [1.82, 2.24) is 4.72 Å². The smallest absolute Gasteiger partial charge is 0.211 e. The van der Waals surface area contributed by atoms with Gasteiger partial charge in [0.05, 0.1) is 16.4 Å². The van der Waals surface area contributed by atoms with Gasteiger partial charge in [-0.2, -0.15) is 5.26 Å². The predicted molar refractivity (Wildman–Crippen MR) is 64.9 cm³/mol. The van der Waals surface area contributed by atoms with Crippen molar-refractivity contribution >= 4 is 33.0 Å². The van der Waals surface area contributed by atoms with E-state index in [1.165, 1.54) is 18.3 Å². The standard InChI is InChI=1S/C9H11ClN2O2S2/c1-6(5-11)16(13,14)12-7(2)8-3-4-9(10)15-8/h3-4,6-7,12H,1-2H3. The number of hydrogen-bond acceptors (Lipinski definition) is 4. The Morgan fingerprint density at radius 3 is 2.56 bits per heavy atom.